The molecule has 18 heteroatoms. The first-order chi connectivity index (χ1) is 33.8. The van der Waals surface area contributed by atoms with Gasteiger partial charge in [-0.1, -0.05) is 53.2 Å². The predicted molar refractivity (Wildman–Crippen MR) is 259 cm³/mol. The SMILES string of the molecule is C[C@H](CC[C@@H](O[C@H]1C[C@@H](O)[C@H](O)[C@@H](CO[C@H]2C[C@@H](O)C[C@@H](CO)O2)O1)C(C)(C)O)C1CC[C@@]2(C)[C@@H]3CC=C4C(CC[C@H](O[C@H]5C[C@@H](O)[C@H](O)[C@@H](CO[C@H]6C[C@@H](O)C[C@@H](CO)O6)O5)C4(C)C)[C@]3(C)[C@H](O)C[C@]12C. The van der Waals surface area contributed by atoms with E-state index in [0.717, 1.165) is 38.5 Å². The fraction of sp³-hybridized carbons (Fsp3) is 0.963. The normalized spacial score (nSPS) is 48.5. The lowest BCUT2D eigenvalue weighted by molar-refractivity contribution is -0.299. The minimum atomic E-state index is -1.25. The minimum absolute atomic E-state index is 0.00287. The van der Waals surface area contributed by atoms with Gasteiger partial charge in [0, 0.05) is 49.4 Å². The van der Waals surface area contributed by atoms with E-state index in [1.165, 1.54) is 5.57 Å². The second kappa shape index (κ2) is 22.4. The van der Waals surface area contributed by atoms with E-state index in [2.05, 4.69) is 47.6 Å². The van der Waals surface area contributed by atoms with Crippen LogP contribution in [0.3, 0.4) is 0 Å². The molecule has 2 unspecified atom stereocenters. The number of aliphatic hydroxyl groups is 10. The second-order valence-electron chi connectivity index (χ2n) is 25.3. The fourth-order valence-electron chi connectivity index (χ4n) is 15.5. The zero-order valence-electron chi connectivity index (χ0n) is 44.2. The highest BCUT2D eigenvalue weighted by molar-refractivity contribution is 5.32. The molecule has 72 heavy (non-hydrogen) atoms. The molecule has 0 bridgehead atoms. The molecule has 0 radical (unpaired) electrons. The maximum Gasteiger partial charge on any atom is 0.161 e. The maximum atomic E-state index is 12.7. The van der Waals surface area contributed by atoms with Gasteiger partial charge in [0.25, 0.3) is 0 Å². The summed E-state index contributed by atoms with van der Waals surface area (Å²) < 4.78 is 48.9. The number of allylic oxidation sites excluding steroid dienone is 1. The van der Waals surface area contributed by atoms with E-state index in [-0.39, 0.29) is 92.2 Å². The van der Waals surface area contributed by atoms with Gasteiger partial charge in [0.15, 0.2) is 25.2 Å². The number of rotatable bonds is 17. The summed E-state index contributed by atoms with van der Waals surface area (Å²) in [6, 6.07) is 0. The predicted octanol–water partition coefficient (Wildman–Crippen LogP) is 2.94. The van der Waals surface area contributed by atoms with Gasteiger partial charge in [0.2, 0.25) is 0 Å². The van der Waals surface area contributed by atoms with Crippen LogP contribution >= 0.6 is 0 Å². The van der Waals surface area contributed by atoms with Gasteiger partial charge in [-0.3, -0.25) is 0 Å². The fourth-order valence-corrected chi connectivity index (χ4v) is 15.5. The van der Waals surface area contributed by atoms with E-state index in [0.29, 0.717) is 31.6 Å². The number of hydrogen-bond donors (Lipinski definition) is 10. The molecule has 4 saturated heterocycles. The van der Waals surface area contributed by atoms with Crippen molar-refractivity contribution in [1.82, 2.24) is 0 Å². The van der Waals surface area contributed by atoms with Crippen LogP contribution in [0.5, 0.6) is 0 Å². The standard InChI is InChI=1S/C54H92O18/c1-28(9-13-43(51(4,5)64)72-47-22-37(60)49(63)39(70-47)27-66-45-20-30(58)18-32(25-56)68-45)33-15-16-52(6)40-12-10-34-35(54(40,8)41(61)23-53(33,52)7)11-14-42(50(34,2)3)71-46-21-36(59)48(62)38(69-46)26-65-44-19-29(57)17-31(24-55)67-44/h10,28-33,35-49,55-64H,9,11-27H2,1-8H3/t28-,29+,30+,31+,32+,33?,35?,36-,37-,38-,39-,40+,41-,42+,43-,44-,45-,46+,47+,48+,49+,52+,53-,54+/m1/s1. The molecule has 24 atom stereocenters. The van der Waals surface area contributed by atoms with Crippen molar-refractivity contribution in [3.8, 4) is 0 Å². The molecular formula is C54H92O18. The van der Waals surface area contributed by atoms with Crippen molar-refractivity contribution >= 4 is 0 Å². The van der Waals surface area contributed by atoms with E-state index in [1.54, 1.807) is 13.8 Å². The first-order valence-corrected chi connectivity index (χ1v) is 27.4. The molecule has 0 spiro atoms. The van der Waals surface area contributed by atoms with Gasteiger partial charge in [0.05, 0.1) is 87.0 Å². The van der Waals surface area contributed by atoms with E-state index in [1.807, 2.05) is 0 Å². The molecule has 7 fully saturated rings. The van der Waals surface area contributed by atoms with E-state index < -0.39 is 109 Å². The quantitative estimate of drug-likeness (QED) is 0.0938. The van der Waals surface area contributed by atoms with E-state index in [9.17, 15) is 51.1 Å². The maximum absolute atomic E-state index is 12.7. The van der Waals surface area contributed by atoms with Gasteiger partial charge in [-0.25, -0.2) is 0 Å². The highest BCUT2D eigenvalue weighted by Gasteiger charge is 2.70. The zero-order valence-corrected chi connectivity index (χ0v) is 44.2. The van der Waals surface area contributed by atoms with Crippen molar-refractivity contribution < 1.29 is 89.0 Å². The smallest absolute Gasteiger partial charge is 0.161 e. The minimum Gasteiger partial charge on any atom is -0.394 e. The Morgan fingerprint density at radius 3 is 1.79 bits per heavy atom. The van der Waals surface area contributed by atoms with Crippen LogP contribution in [0.15, 0.2) is 11.6 Å². The Labute approximate surface area is 426 Å². The van der Waals surface area contributed by atoms with Gasteiger partial charge in [-0.2, -0.15) is 0 Å². The second-order valence-corrected chi connectivity index (χ2v) is 25.3. The van der Waals surface area contributed by atoms with Crippen LogP contribution in [0.25, 0.3) is 0 Å². The van der Waals surface area contributed by atoms with Gasteiger partial charge in [0.1, 0.15) is 24.4 Å². The summed E-state index contributed by atoms with van der Waals surface area (Å²) in [7, 11) is 0. The van der Waals surface area contributed by atoms with E-state index >= 15 is 0 Å². The summed E-state index contributed by atoms with van der Waals surface area (Å²) in [5, 5.41) is 107. The van der Waals surface area contributed by atoms with Crippen molar-refractivity contribution in [3.63, 3.8) is 0 Å². The molecule has 8 aliphatic rings. The topological polar surface area (TPSA) is 276 Å². The molecule has 4 aliphatic heterocycles. The van der Waals surface area contributed by atoms with E-state index in [4.69, 9.17) is 37.9 Å². The Morgan fingerprint density at radius 1 is 0.681 bits per heavy atom. The third kappa shape index (κ3) is 11.3. The molecule has 0 aromatic heterocycles. The Morgan fingerprint density at radius 2 is 1.24 bits per heavy atom. The van der Waals surface area contributed by atoms with Crippen molar-refractivity contribution in [2.24, 2.45) is 45.3 Å². The Balaban J connectivity index is 0.890. The van der Waals surface area contributed by atoms with Crippen LogP contribution < -0.4 is 0 Å². The molecule has 0 amide bonds. The Bertz CT molecular complexity index is 1810. The third-order valence-electron chi connectivity index (χ3n) is 20.0. The molecule has 18 nitrogen and oxygen atoms in total. The van der Waals surface area contributed by atoms with Crippen molar-refractivity contribution in [3.05, 3.63) is 11.6 Å². The zero-order chi connectivity index (χ0) is 52.3. The Kier molecular flexibility index (Phi) is 17.8. The highest BCUT2D eigenvalue weighted by atomic mass is 16.7. The lowest BCUT2D eigenvalue weighted by atomic mass is 9.38. The molecule has 0 aromatic rings. The van der Waals surface area contributed by atoms with Crippen molar-refractivity contribution in [2.75, 3.05) is 26.4 Å². The largest absolute Gasteiger partial charge is 0.394 e. The molecule has 4 heterocycles. The molecule has 10 N–H and O–H groups in total. The summed E-state index contributed by atoms with van der Waals surface area (Å²) in [4.78, 5) is 0. The number of hydrogen-bond acceptors (Lipinski definition) is 18. The molecule has 0 aromatic carbocycles. The van der Waals surface area contributed by atoms with Crippen LogP contribution in [0, 0.1) is 45.3 Å². The van der Waals surface area contributed by atoms with Gasteiger partial charge >= 0.3 is 0 Å². The summed E-state index contributed by atoms with van der Waals surface area (Å²) in [5.74, 6) is 0.915. The summed E-state index contributed by atoms with van der Waals surface area (Å²) >= 11 is 0. The number of fused-ring (bicyclic) bond motifs is 5. The van der Waals surface area contributed by atoms with Crippen molar-refractivity contribution in [2.45, 2.75) is 255 Å². The van der Waals surface area contributed by atoms with Gasteiger partial charge in [-0.15, -0.1) is 0 Å². The van der Waals surface area contributed by atoms with Crippen molar-refractivity contribution in [1.29, 1.82) is 0 Å². The number of ether oxygens (including phenoxy) is 8. The highest BCUT2D eigenvalue weighted by Crippen LogP contribution is 2.75. The molecule has 416 valence electrons. The van der Waals surface area contributed by atoms with Crippen LogP contribution in [-0.4, -0.2) is 188 Å². The monoisotopic (exact) mass is 1030 g/mol. The Hall–Kier alpha value is -0.980. The lowest BCUT2D eigenvalue weighted by Crippen LogP contribution is -2.64. The lowest BCUT2D eigenvalue weighted by Gasteiger charge is -2.67. The first-order valence-electron chi connectivity index (χ1n) is 27.4. The van der Waals surface area contributed by atoms with Crippen LogP contribution in [-0.2, 0) is 37.9 Å². The third-order valence-corrected chi connectivity index (χ3v) is 20.0. The summed E-state index contributed by atoms with van der Waals surface area (Å²) in [6.07, 6.45) is -3.88. The molecule has 3 saturated carbocycles. The molecule has 4 aliphatic carbocycles. The van der Waals surface area contributed by atoms with Crippen LogP contribution in [0.2, 0.25) is 0 Å². The molecule has 8 rings (SSSR count). The summed E-state index contributed by atoms with van der Waals surface area (Å²) in [5.41, 5.74) is -0.969. The summed E-state index contributed by atoms with van der Waals surface area (Å²) in [6.45, 7) is 16.6. The average Bonchev–Trinajstić information content (AvgIpc) is 3.58. The van der Waals surface area contributed by atoms with Gasteiger partial charge in [-0.05, 0) is 99.7 Å². The van der Waals surface area contributed by atoms with Crippen LogP contribution in [0.4, 0.5) is 0 Å². The van der Waals surface area contributed by atoms with Gasteiger partial charge < -0.3 is 89.0 Å². The molecular weight excluding hydrogens is 937 g/mol. The first kappa shape index (κ1) is 57.2. The average molecular weight is 1030 g/mol. The number of aliphatic hydroxyl groups excluding tert-OH is 9. The van der Waals surface area contributed by atoms with Crippen LogP contribution in [0.1, 0.15) is 145 Å².